The zero-order valence-corrected chi connectivity index (χ0v) is 11.6. The number of rotatable bonds is 3. The summed E-state index contributed by atoms with van der Waals surface area (Å²) in [4.78, 5) is 2.55. The van der Waals surface area contributed by atoms with Crippen LogP contribution in [0.1, 0.15) is 26.3 Å². The zero-order valence-electron chi connectivity index (χ0n) is 11.6. The highest BCUT2D eigenvalue weighted by molar-refractivity contribution is 5.25. The van der Waals surface area contributed by atoms with Crippen molar-refractivity contribution in [2.45, 2.75) is 39.4 Å². The Bertz CT molecular complexity index is 375. The van der Waals surface area contributed by atoms with Gasteiger partial charge in [-0.1, -0.05) is 26.0 Å². The third-order valence-corrected chi connectivity index (χ3v) is 3.74. The van der Waals surface area contributed by atoms with Crippen LogP contribution in [0.3, 0.4) is 0 Å². The number of hydrogen-bond donors (Lipinski definition) is 2. The number of phenols is 1. The fraction of sp³-hybridized carbons (Fsp3) is 0.600. The van der Waals surface area contributed by atoms with E-state index < -0.39 is 0 Å². The molecule has 1 aromatic rings. The molecular formula is C15H24N2O. The monoisotopic (exact) mass is 248 g/mol. The van der Waals surface area contributed by atoms with Gasteiger partial charge in [0.15, 0.2) is 0 Å². The van der Waals surface area contributed by atoms with Gasteiger partial charge in [0.25, 0.3) is 0 Å². The van der Waals surface area contributed by atoms with E-state index in [0.717, 1.165) is 19.6 Å². The largest absolute Gasteiger partial charge is 0.508 e. The van der Waals surface area contributed by atoms with Crippen LogP contribution in [0.25, 0.3) is 0 Å². The normalized spacial score (nSPS) is 25.6. The summed E-state index contributed by atoms with van der Waals surface area (Å²) in [6.45, 7) is 9.93. The van der Waals surface area contributed by atoms with Crippen molar-refractivity contribution in [3.63, 3.8) is 0 Å². The maximum atomic E-state index is 9.32. The Morgan fingerprint density at radius 1 is 1.33 bits per heavy atom. The van der Waals surface area contributed by atoms with Crippen LogP contribution in [0.15, 0.2) is 24.3 Å². The number of nitrogens with zero attached hydrogens (tertiary/aromatic N) is 1. The summed E-state index contributed by atoms with van der Waals surface area (Å²) in [7, 11) is 0. The van der Waals surface area contributed by atoms with E-state index in [-0.39, 0.29) is 0 Å². The molecule has 1 aliphatic heterocycles. The molecule has 0 aromatic heterocycles. The molecule has 0 saturated carbocycles. The van der Waals surface area contributed by atoms with E-state index >= 15 is 0 Å². The van der Waals surface area contributed by atoms with E-state index in [1.807, 2.05) is 12.1 Å². The van der Waals surface area contributed by atoms with Gasteiger partial charge >= 0.3 is 0 Å². The van der Waals surface area contributed by atoms with Gasteiger partial charge in [-0.25, -0.2) is 0 Å². The quantitative estimate of drug-likeness (QED) is 0.861. The third-order valence-electron chi connectivity index (χ3n) is 3.74. The second-order valence-corrected chi connectivity index (χ2v) is 5.72. The van der Waals surface area contributed by atoms with Crippen molar-refractivity contribution < 1.29 is 5.11 Å². The molecule has 1 fully saturated rings. The van der Waals surface area contributed by atoms with Crippen molar-refractivity contribution in [3.05, 3.63) is 29.8 Å². The average Bonchev–Trinajstić information content (AvgIpc) is 2.32. The Morgan fingerprint density at radius 2 is 2.00 bits per heavy atom. The lowest BCUT2D eigenvalue weighted by atomic mass is 9.98. The van der Waals surface area contributed by atoms with E-state index in [2.05, 4.69) is 31.0 Å². The van der Waals surface area contributed by atoms with Crippen LogP contribution in [0.5, 0.6) is 5.75 Å². The molecule has 1 saturated heterocycles. The molecule has 2 atom stereocenters. The minimum Gasteiger partial charge on any atom is -0.508 e. The summed E-state index contributed by atoms with van der Waals surface area (Å²) in [5.41, 5.74) is 1.27. The molecule has 2 unspecified atom stereocenters. The van der Waals surface area contributed by atoms with Crippen molar-refractivity contribution in [3.8, 4) is 5.75 Å². The third kappa shape index (κ3) is 3.24. The first-order valence-corrected chi connectivity index (χ1v) is 6.81. The molecule has 0 radical (unpaired) electrons. The maximum absolute atomic E-state index is 9.32. The summed E-state index contributed by atoms with van der Waals surface area (Å²) in [5.74, 6) is 0.995. The first-order valence-electron chi connectivity index (χ1n) is 6.81. The standard InChI is InChI=1S/C15H24N2O/c1-11(2)15-8-16-12(3)9-17(15)10-13-4-6-14(18)7-5-13/h4-7,11-12,15-16,18H,8-10H2,1-3H3. The second-order valence-electron chi connectivity index (χ2n) is 5.72. The molecule has 0 spiro atoms. The summed E-state index contributed by atoms with van der Waals surface area (Å²) in [5, 5.41) is 12.9. The fourth-order valence-electron chi connectivity index (χ4n) is 2.68. The summed E-state index contributed by atoms with van der Waals surface area (Å²) >= 11 is 0. The van der Waals surface area contributed by atoms with Crippen molar-refractivity contribution in [2.24, 2.45) is 5.92 Å². The Hall–Kier alpha value is -1.06. The minimum atomic E-state index is 0.341. The van der Waals surface area contributed by atoms with Crippen LogP contribution in [0.4, 0.5) is 0 Å². The number of aromatic hydroxyl groups is 1. The van der Waals surface area contributed by atoms with Gasteiger partial charge < -0.3 is 10.4 Å². The highest BCUT2D eigenvalue weighted by Crippen LogP contribution is 2.19. The first-order chi connectivity index (χ1) is 8.56. The highest BCUT2D eigenvalue weighted by atomic mass is 16.3. The Kier molecular flexibility index (Phi) is 4.25. The Labute approximate surface area is 110 Å². The number of benzene rings is 1. The molecule has 1 aromatic carbocycles. The lowest BCUT2D eigenvalue weighted by molar-refractivity contribution is 0.0956. The molecule has 0 amide bonds. The van der Waals surface area contributed by atoms with Crippen LogP contribution in [0, 0.1) is 5.92 Å². The van der Waals surface area contributed by atoms with E-state index in [1.54, 1.807) is 12.1 Å². The molecule has 100 valence electrons. The van der Waals surface area contributed by atoms with Gasteiger partial charge in [0.2, 0.25) is 0 Å². The van der Waals surface area contributed by atoms with Crippen molar-refractivity contribution in [1.29, 1.82) is 0 Å². The molecule has 0 aliphatic carbocycles. The highest BCUT2D eigenvalue weighted by Gasteiger charge is 2.27. The predicted octanol–water partition coefficient (Wildman–Crippen LogP) is 2.21. The van der Waals surface area contributed by atoms with E-state index in [0.29, 0.717) is 23.8 Å². The SMILES string of the molecule is CC1CN(Cc2ccc(O)cc2)C(C(C)C)CN1. The van der Waals surface area contributed by atoms with Gasteiger partial charge in [0.1, 0.15) is 5.75 Å². The lowest BCUT2D eigenvalue weighted by Crippen LogP contribution is -2.56. The van der Waals surface area contributed by atoms with E-state index in [4.69, 9.17) is 0 Å². The zero-order chi connectivity index (χ0) is 13.1. The van der Waals surface area contributed by atoms with Gasteiger partial charge in [0, 0.05) is 31.7 Å². The van der Waals surface area contributed by atoms with Crippen LogP contribution >= 0.6 is 0 Å². The van der Waals surface area contributed by atoms with Crippen molar-refractivity contribution in [1.82, 2.24) is 10.2 Å². The molecule has 18 heavy (non-hydrogen) atoms. The molecule has 3 nitrogen and oxygen atoms in total. The number of phenolic OH excluding ortho intramolecular Hbond substituents is 1. The van der Waals surface area contributed by atoms with Gasteiger partial charge in [-0.15, -0.1) is 0 Å². The summed E-state index contributed by atoms with van der Waals surface area (Å²) in [6.07, 6.45) is 0. The van der Waals surface area contributed by atoms with Crippen LogP contribution in [-0.4, -0.2) is 35.2 Å². The van der Waals surface area contributed by atoms with Crippen molar-refractivity contribution >= 4 is 0 Å². The van der Waals surface area contributed by atoms with E-state index in [1.165, 1.54) is 5.56 Å². The van der Waals surface area contributed by atoms with E-state index in [9.17, 15) is 5.11 Å². The van der Waals surface area contributed by atoms with Crippen LogP contribution in [-0.2, 0) is 6.54 Å². The van der Waals surface area contributed by atoms with Gasteiger partial charge in [-0.2, -0.15) is 0 Å². The molecule has 1 aliphatic rings. The van der Waals surface area contributed by atoms with Crippen LogP contribution in [0.2, 0.25) is 0 Å². The molecule has 2 N–H and O–H groups in total. The van der Waals surface area contributed by atoms with Crippen molar-refractivity contribution in [2.75, 3.05) is 13.1 Å². The van der Waals surface area contributed by atoms with Gasteiger partial charge in [0.05, 0.1) is 0 Å². The number of hydrogen-bond acceptors (Lipinski definition) is 3. The first kappa shape index (κ1) is 13.4. The lowest BCUT2D eigenvalue weighted by Gasteiger charge is -2.41. The molecule has 0 bridgehead atoms. The molecule has 1 heterocycles. The second kappa shape index (κ2) is 5.72. The maximum Gasteiger partial charge on any atom is 0.115 e. The summed E-state index contributed by atoms with van der Waals surface area (Å²) in [6, 6.07) is 8.71. The molecule has 3 heteroatoms. The smallest absolute Gasteiger partial charge is 0.115 e. The number of piperazine rings is 1. The van der Waals surface area contributed by atoms with Crippen LogP contribution < -0.4 is 5.32 Å². The fourth-order valence-corrected chi connectivity index (χ4v) is 2.68. The Balaban J connectivity index is 2.06. The molecular weight excluding hydrogens is 224 g/mol. The predicted molar refractivity (Wildman–Crippen MR) is 74.6 cm³/mol. The topological polar surface area (TPSA) is 35.5 Å². The molecule has 2 rings (SSSR count). The Morgan fingerprint density at radius 3 is 2.61 bits per heavy atom. The van der Waals surface area contributed by atoms with Gasteiger partial charge in [-0.05, 0) is 30.5 Å². The minimum absolute atomic E-state index is 0.341. The van der Waals surface area contributed by atoms with Gasteiger partial charge in [-0.3, -0.25) is 4.90 Å². The summed E-state index contributed by atoms with van der Waals surface area (Å²) < 4.78 is 0. The average molecular weight is 248 g/mol. The number of nitrogens with one attached hydrogen (secondary N) is 1.